The maximum atomic E-state index is 13.3. The average Bonchev–Trinajstić information content (AvgIpc) is 3.13. The molecule has 0 aliphatic carbocycles. The Balaban J connectivity index is 1.89. The van der Waals surface area contributed by atoms with Crippen molar-refractivity contribution < 1.29 is 19.1 Å². The van der Waals surface area contributed by atoms with Crippen molar-refractivity contribution >= 4 is 17.7 Å². The SMILES string of the molecule is COC(=O)[C@@H]1C[C@@H](N(C)C)CN1C(=O)c1cccnc1N1CCOCC1. The zero-order chi connectivity index (χ0) is 18.7. The van der Waals surface area contributed by atoms with E-state index >= 15 is 0 Å². The van der Waals surface area contributed by atoms with Crippen LogP contribution in [0.1, 0.15) is 16.8 Å². The van der Waals surface area contributed by atoms with Crippen molar-refractivity contribution in [3.8, 4) is 0 Å². The molecule has 26 heavy (non-hydrogen) atoms. The minimum absolute atomic E-state index is 0.117. The van der Waals surface area contributed by atoms with E-state index in [1.165, 1.54) is 7.11 Å². The lowest BCUT2D eigenvalue weighted by Crippen LogP contribution is -2.43. The van der Waals surface area contributed by atoms with Gasteiger partial charge in [0.1, 0.15) is 11.9 Å². The summed E-state index contributed by atoms with van der Waals surface area (Å²) in [5.74, 6) is 0.0940. The summed E-state index contributed by atoms with van der Waals surface area (Å²) in [4.78, 5) is 35.7. The number of ether oxygens (including phenoxy) is 2. The van der Waals surface area contributed by atoms with E-state index in [1.54, 1.807) is 23.2 Å². The number of hydrogen-bond acceptors (Lipinski definition) is 7. The Kier molecular flexibility index (Phi) is 5.73. The third kappa shape index (κ3) is 3.66. The lowest BCUT2D eigenvalue weighted by atomic mass is 10.1. The third-order valence-electron chi connectivity index (χ3n) is 5.07. The van der Waals surface area contributed by atoms with Gasteiger partial charge in [-0.25, -0.2) is 9.78 Å². The highest BCUT2D eigenvalue weighted by Crippen LogP contribution is 2.27. The molecule has 1 amide bonds. The number of amides is 1. The van der Waals surface area contributed by atoms with Gasteiger partial charge < -0.3 is 24.2 Å². The summed E-state index contributed by atoms with van der Waals surface area (Å²) >= 11 is 0. The van der Waals surface area contributed by atoms with Gasteiger partial charge in [-0.3, -0.25) is 4.79 Å². The largest absolute Gasteiger partial charge is 0.467 e. The first kappa shape index (κ1) is 18.6. The van der Waals surface area contributed by atoms with Crippen LogP contribution in [0.4, 0.5) is 5.82 Å². The zero-order valence-corrected chi connectivity index (χ0v) is 15.6. The second-order valence-corrected chi connectivity index (χ2v) is 6.82. The van der Waals surface area contributed by atoms with E-state index < -0.39 is 6.04 Å². The van der Waals surface area contributed by atoms with Gasteiger partial charge in [0.15, 0.2) is 0 Å². The lowest BCUT2D eigenvalue weighted by Gasteiger charge is -2.30. The van der Waals surface area contributed by atoms with Crippen LogP contribution in [-0.2, 0) is 14.3 Å². The molecular formula is C18H26N4O4. The van der Waals surface area contributed by atoms with Gasteiger partial charge in [-0.1, -0.05) is 0 Å². The number of nitrogens with zero attached hydrogens (tertiary/aromatic N) is 4. The number of anilines is 1. The first-order valence-electron chi connectivity index (χ1n) is 8.86. The third-order valence-corrected chi connectivity index (χ3v) is 5.07. The number of likely N-dealkylation sites (tertiary alicyclic amines) is 1. The molecule has 1 aromatic rings. The molecule has 1 aromatic heterocycles. The van der Waals surface area contributed by atoms with Crippen LogP contribution >= 0.6 is 0 Å². The van der Waals surface area contributed by atoms with E-state index in [0.717, 1.165) is 0 Å². The number of pyridine rings is 1. The molecule has 2 aliphatic rings. The van der Waals surface area contributed by atoms with Gasteiger partial charge in [0.05, 0.1) is 25.9 Å². The van der Waals surface area contributed by atoms with Crippen molar-refractivity contribution in [2.75, 3.05) is 59.0 Å². The summed E-state index contributed by atoms with van der Waals surface area (Å²) in [5.41, 5.74) is 0.516. The number of likely N-dealkylation sites (N-methyl/N-ethyl adjacent to an activating group) is 1. The van der Waals surface area contributed by atoms with E-state index in [1.807, 2.05) is 19.0 Å². The van der Waals surface area contributed by atoms with Crippen molar-refractivity contribution in [1.29, 1.82) is 0 Å². The fourth-order valence-electron chi connectivity index (χ4n) is 3.52. The smallest absolute Gasteiger partial charge is 0.328 e. The molecule has 8 nitrogen and oxygen atoms in total. The first-order valence-corrected chi connectivity index (χ1v) is 8.86. The Morgan fingerprint density at radius 2 is 2.04 bits per heavy atom. The standard InChI is InChI=1S/C18H26N4O4/c1-20(2)13-11-15(18(24)25-3)22(12-13)17(23)14-5-4-6-19-16(14)21-7-9-26-10-8-21/h4-6,13,15H,7-12H2,1-3H3/t13-,15+/m1/s1. The number of carbonyl (C=O) groups excluding carboxylic acids is 2. The van der Waals surface area contributed by atoms with Crippen LogP contribution in [0.25, 0.3) is 0 Å². The molecule has 0 unspecified atom stereocenters. The summed E-state index contributed by atoms with van der Waals surface area (Å²) in [6, 6.07) is 3.07. The highest BCUT2D eigenvalue weighted by Gasteiger charge is 2.42. The number of methoxy groups -OCH3 is 1. The molecule has 2 fully saturated rings. The highest BCUT2D eigenvalue weighted by molar-refractivity contribution is 6.01. The van der Waals surface area contributed by atoms with Crippen LogP contribution in [-0.4, -0.2) is 92.8 Å². The van der Waals surface area contributed by atoms with Crippen molar-refractivity contribution in [3.05, 3.63) is 23.9 Å². The van der Waals surface area contributed by atoms with E-state index in [-0.39, 0.29) is 17.9 Å². The van der Waals surface area contributed by atoms with E-state index in [2.05, 4.69) is 9.88 Å². The number of aromatic nitrogens is 1. The average molecular weight is 362 g/mol. The molecule has 0 saturated carbocycles. The Morgan fingerprint density at radius 1 is 1.31 bits per heavy atom. The predicted octanol–water partition coefficient (Wildman–Crippen LogP) is 0.236. The van der Waals surface area contributed by atoms with Crippen LogP contribution in [0, 0.1) is 0 Å². The Morgan fingerprint density at radius 3 is 2.69 bits per heavy atom. The monoisotopic (exact) mass is 362 g/mol. The van der Waals surface area contributed by atoms with Crippen molar-refractivity contribution in [2.24, 2.45) is 0 Å². The van der Waals surface area contributed by atoms with Gasteiger partial charge >= 0.3 is 5.97 Å². The number of rotatable bonds is 4. The predicted molar refractivity (Wildman–Crippen MR) is 96.2 cm³/mol. The molecule has 0 radical (unpaired) electrons. The summed E-state index contributed by atoms with van der Waals surface area (Å²) < 4.78 is 10.3. The van der Waals surface area contributed by atoms with E-state index in [9.17, 15) is 9.59 Å². The molecule has 2 saturated heterocycles. The normalized spacial score (nSPS) is 23.4. The van der Waals surface area contributed by atoms with Crippen LogP contribution in [0.2, 0.25) is 0 Å². The summed E-state index contributed by atoms with van der Waals surface area (Å²) in [6.07, 6.45) is 2.25. The fourth-order valence-corrected chi connectivity index (χ4v) is 3.52. The Bertz CT molecular complexity index is 660. The quantitative estimate of drug-likeness (QED) is 0.710. The summed E-state index contributed by atoms with van der Waals surface area (Å²) in [6.45, 7) is 3.10. The fraction of sp³-hybridized carbons (Fsp3) is 0.611. The molecule has 0 aromatic carbocycles. The number of esters is 1. The Hall–Kier alpha value is -2.19. The van der Waals surface area contributed by atoms with Gasteiger partial charge in [-0.15, -0.1) is 0 Å². The second kappa shape index (κ2) is 8.01. The molecule has 3 rings (SSSR count). The maximum absolute atomic E-state index is 13.3. The maximum Gasteiger partial charge on any atom is 0.328 e. The van der Waals surface area contributed by atoms with Gasteiger partial charge in [0.25, 0.3) is 5.91 Å². The molecule has 3 heterocycles. The molecule has 2 aliphatic heterocycles. The number of morpholine rings is 1. The van der Waals surface area contributed by atoms with Crippen molar-refractivity contribution in [3.63, 3.8) is 0 Å². The van der Waals surface area contributed by atoms with Gasteiger partial charge in [0.2, 0.25) is 0 Å². The highest BCUT2D eigenvalue weighted by atomic mass is 16.5. The van der Waals surface area contributed by atoms with Crippen LogP contribution in [0.5, 0.6) is 0 Å². The number of hydrogen-bond donors (Lipinski definition) is 0. The molecule has 142 valence electrons. The topological polar surface area (TPSA) is 75.2 Å². The minimum Gasteiger partial charge on any atom is -0.467 e. The number of carbonyl (C=O) groups is 2. The van der Waals surface area contributed by atoms with Crippen molar-refractivity contribution in [2.45, 2.75) is 18.5 Å². The van der Waals surface area contributed by atoms with E-state index in [4.69, 9.17) is 9.47 Å². The van der Waals surface area contributed by atoms with Crippen LogP contribution in [0.3, 0.4) is 0 Å². The van der Waals surface area contributed by atoms with Gasteiger partial charge in [0, 0.05) is 31.9 Å². The Labute approximate surface area is 153 Å². The van der Waals surface area contributed by atoms with Gasteiger partial charge in [-0.2, -0.15) is 0 Å². The van der Waals surface area contributed by atoms with Gasteiger partial charge in [-0.05, 0) is 32.6 Å². The zero-order valence-electron chi connectivity index (χ0n) is 15.6. The molecule has 2 atom stereocenters. The van der Waals surface area contributed by atoms with Crippen LogP contribution < -0.4 is 4.90 Å². The second-order valence-electron chi connectivity index (χ2n) is 6.82. The molecule has 0 N–H and O–H groups in total. The minimum atomic E-state index is -0.572. The van der Waals surface area contributed by atoms with Crippen molar-refractivity contribution in [1.82, 2.24) is 14.8 Å². The molecule has 8 heteroatoms. The lowest BCUT2D eigenvalue weighted by molar-refractivity contribution is -0.145. The van der Waals surface area contributed by atoms with E-state index in [0.29, 0.717) is 50.7 Å². The molecular weight excluding hydrogens is 336 g/mol. The molecule has 0 bridgehead atoms. The molecule has 0 spiro atoms. The summed E-state index contributed by atoms with van der Waals surface area (Å²) in [7, 11) is 5.27. The van der Waals surface area contributed by atoms with Crippen LogP contribution in [0.15, 0.2) is 18.3 Å². The summed E-state index contributed by atoms with van der Waals surface area (Å²) in [5, 5.41) is 0. The first-order chi connectivity index (χ1) is 12.5.